The summed E-state index contributed by atoms with van der Waals surface area (Å²) in [5, 5.41) is 6.16. The molecule has 3 aromatic rings. The van der Waals surface area contributed by atoms with Crippen molar-refractivity contribution in [3.05, 3.63) is 77.6 Å². The molecule has 0 spiro atoms. The van der Waals surface area contributed by atoms with Crippen LogP contribution in [0.5, 0.6) is 0 Å². The van der Waals surface area contributed by atoms with Crippen molar-refractivity contribution in [3.8, 4) is 0 Å². The molecule has 6 heteroatoms. The summed E-state index contributed by atoms with van der Waals surface area (Å²) >= 11 is 0. The molecule has 2 aromatic carbocycles. The maximum Gasteiger partial charge on any atom is 0.149 e. The van der Waals surface area contributed by atoms with Crippen LogP contribution in [0.1, 0.15) is 24.4 Å². The van der Waals surface area contributed by atoms with Gasteiger partial charge < -0.3 is 10.6 Å². The van der Waals surface area contributed by atoms with E-state index in [9.17, 15) is 8.78 Å². The van der Waals surface area contributed by atoms with Crippen LogP contribution in [0.4, 0.5) is 26.1 Å². The van der Waals surface area contributed by atoms with Crippen LogP contribution in [-0.2, 0) is 0 Å². The minimum atomic E-state index is -0.677. The van der Waals surface area contributed by atoms with E-state index in [0.717, 1.165) is 11.6 Å². The topological polar surface area (TPSA) is 49.8 Å². The van der Waals surface area contributed by atoms with Crippen molar-refractivity contribution >= 4 is 17.3 Å². The van der Waals surface area contributed by atoms with Gasteiger partial charge in [0.2, 0.25) is 0 Å². The van der Waals surface area contributed by atoms with Crippen LogP contribution < -0.4 is 10.6 Å². The lowest BCUT2D eigenvalue weighted by atomic mass is 10.1. The fourth-order valence-corrected chi connectivity index (χ4v) is 2.48. The van der Waals surface area contributed by atoms with E-state index in [-0.39, 0.29) is 11.7 Å². The number of nitrogens with zero attached hydrogens (tertiary/aromatic N) is 2. The second-order valence-corrected chi connectivity index (χ2v) is 5.71. The molecule has 0 radical (unpaired) electrons. The molecule has 1 heterocycles. The Hall–Kier alpha value is -3.02. The third kappa shape index (κ3) is 4.29. The third-order valence-corrected chi connectivity index (χ3v) is 3.70. The fourth-order valence-electron chi connectivity index (χ4n) is 2.48. The van der Waals surface area contributed by atoms with Crippen LogP contribution >= 0.6 is 0 Å². The Labute approximate surface area is 145 Å². The zero-order valence-corrected chi connectivity index (χ0v) is 13.9. The molecule has 0 saturated carbocycles. The Morgan fingerprint density at radius 1 is 0.920 bits per heavy atom. The molecule has 1 unspecified atom stereocenters. The summed E-state index contributed by atoms with van der Waals surface area (Å²) in [4.78, 5) is 8.61. The minimum Gasteiger partial charge on any atom is -0.363 e. The average Bonchev–Trinajstić information content (AvgIpc) is 2.58. The molecule has 0 aliphatic heterocycles. The Morgan fingerprint density at radius 2 is 1.64 bits per heavy atom. The van der Waals surface area contributed by atoms with E-state index in [4.69, 9.17) is 0 Å². The second kappa shape index (κ2) is 7.25. The Morgan fingerprint density at radius 3 is 2.36 bits per heavy atom. The summed E-state index contributed by atoms with van der Waals surface area (Å²) in [6.45, 7) is 3.78. The molecular weight excluding hydrogens is 322 g/mol. The van der Waals surface area contributed by atoms with Gasteiger partial charge in [0.15, 0.2) is 0 Å². The molecule has 25 heavy (non-hydrogen) atoms. The highest BCUT2D eigenvalue weighted by Gasteiger charge is 2.10. The lowest BCUT2D eigenvalue weighted by Gasteiger charge is -2.16. The summed E-state index contributed by atoms with van der Waals surface area (Å²) in [6.07, 6.45) is 0. The van der Waals surface area contributed by atoms with Crippen molar-refractivity contribution in [1.29, 1.82) is 0 Å². The largest absolute Gasteiger partial charge is 0.363 e. The molecule has 1 aromatic heterocycles. The minimum absolute atomic E-state index is 0.0471. The number of anilines is 3. The first-order valence-electron chi connectivity index (χ1n) is 7.90. The third-order valence-electron chi connectivity index (χ3n) is 3.70. The number of hydrogen-bond donors (Lipinski definition) is 2. The van der Waals surface area contributed by atoms with E-state index in [0.29, 0.717) is 17.5 Å². The normalized spacial score (nSPS) is 11.8. The van der Waals surface area contributed by atoms with Gasteiger partial charge in [-0.15, -0.1) is 0 Å². The fraction of sp³-hybridized carbons (Fsp3) is 0.158. The zero-order chi connectivity index (χ0) is 17.8. The smallest absolute Gasteiger partial charge is 0.149 e. The molecule has 0 saturated heterocycles. The van der Waals surface area contributed by atoms with Gasteiger partial charge in [-0.2, -0.15) is 0 Å². The SMILES string of the molecule is Cc1nc(Nc2ccc(F)cc2F)cc(NC(C)c2ccccc2)n1. The number of benzene rings is 2. The van der Waals surface area contributed by atoms with Crippen LogP contribution in [0.15, 0.2) is 54.6 Å². The standard InChI is InChI=1S/C19H18F2N4/c1-12(14-6-4-3-5-7-14)22-18-11-19(24-13(2)23-18)25-17-9-8-15(20)10-16(17)21/h3-12H,1-2H3,(H2,22,23,24,25). The Kier molecular flexibility index (Phi) is 4.88. The predicted octanol–water partition coefficient (Wildman–Crippen LogP) is 4.98. The van der Waals surface area contributed by atoms with E-state index in [1.54, 1.807) is 13.0 Å². The van der Waals surface area contributed by atoms with Crippen molar-refractivity contribution in [2.75, 3.05) is 10.6 Å². The molecule has 0 amide bonds. The lowest BCUT2D eigenvalue weighted by molar-refractivity contribution is 0.586. The van der Waals surface area contributed by atoms with E-state index in [1.807, 2.05) is 37.3 Å². The van der Waals surface area contributed by atoms with Crippen LogP contribution in [-0.4, -0.2) is 9.97 Å². The molecule has 0 bridgehead atoms. The van der Waals surface area contributed by atoms with Crippen molar-refractivity contribution in [2.24, 2.45) is 0 Å². The van der Waals surface area contributed by atoms with Gasteiger partial charge in [0, 0.05) is 18.2 Å². The lowest BCUT2D eigenvalue weighted by Crippen LogP contribution is -2.09. The molecule has 1 atom stereocenters. The zero-order valence-electron chi connectivity index (χ0n) is 13.9. The summed E-state index contributed by atoms with van der Waals surface area (Å²) in [6, 6.07) is 15.1. The Bertz CT molecular complexity index is 869. The summed E-state index contributed by atoms with van der Waals surface area (Å²) in [7, 11) is 0. The van der Waals surface area contributed by atoms with E-state index < -0.39 is 11.6 Å². The van der Waals surface area contributed by atoms with Gasteiger partial charge in [0.25, 0.3) is 0 Å². The number of nitrogens with one attached hydrogen (secondary N) is 2. The molecular formula is C19H18F2N4. The first kappa shape index (κ1) is 16.8. The van der Waals surface area contributed by atoms with Gasteiger partial charge in [-0.05, 0) is 31.5 Å². The van der Waals surface area contributed by atoms with Crippen molar-refractivity contribution in [1.82, 2.24) is 9.97 Å². The first-order valence-corrected chi connectivity index (χ1v) is 7.90. The van der Waals surface area contributed by atoms with Gasteiger partial charge in [-0.3, -0.25) is 0 Å². The molecule has 0 aliphatic carbocycles. The Balaban J connectivity index is 1.80. The monoisotopic (exact) mass is 340 g/mol. The number of rotatable bonds is 5. The quantitative estimate of drug-likeness (QED) is 0.688. The molecule has 2 N–H and O–H groups in total. The number of halogens is 2. The number of aryl methyl sites for hydroxylation is 1. The van der Waals surface area contributed by atoms with Crippen LogP contribution in [0.2, 0.25) is 0 Å². The highest BCUT2D eigenvalue weighted by molar-refractivity contribution is 5.60. The summed E-state index contributed by atoms with van der Waals surface area (Å²) in [5.74, 6) is 0.286. The van der Waals surface area contributed by atoms with Gasteiger partial charge in [-0.1, -0.05) is 30.3 Å². The first-order chi connectivity index (χ1) is 12.0. The van der Waals surface area contributed by atoms with Crippen LogP contribution in [0.3, 0.4) is 0 Å². The number of hydrogen-bond acceptors (Lipinski definition) is 4. The van der Waals surface area contributed by atoms with Crippen molar-refractivity contribution in [2.45, 2.75) is 19.9 Å². The summed E-state index contributed by atoms with van der Waals surface area (Å²) in [5.41, 5.74) is 1.28. The van der Waals surface area contributed by atoms with Gasteiger partial charge in [0.1, 0.15) is 29.1 Å². The summed E-state index contributed by atoms with van der Waals surface area (Å²) < 4.78 is 26.8. The average molecular weight is 340 g/mol. The van der Waals surface area contributed by atoms with Gasteiger partial charge in [0.05, 0.1) is 5.69 Å². The van der Waals surface area contributed by atoms with E-state index >= 15 is 0 Å². The predicted molar refractivity (Wildman–Crippen MR) is 94.9 cm³/mol. The van der Waals surface area contributed by atoms with Gasteiger partial charge in [-0.25, -0.2) is 18.7 Å². The maximum absolute atomic E-state index is 13.8. The maximum atomic E-state index is 13.8. The van der Waals surface area contributed by atoms with Crippen molar-refractivity contribution in [3.63, 3.8) is 0 Å². The number of aromatic nitrogens is 2. The van der Waals surface area contributed by atoms with E-state index in [1.165, 1.54) is 12.1 Å². The van der Waals surface area contributed by atoms with Crippen molar-refractivity contribution < 1.29 is 8.78 Å². The molecule has 0 fully saturated rings. The molecule has 3 rings (SSSR count). The van der Waals surface area contributed by atoms with E-state index in [2.05, 4.69) is 20.6 Å². The van der Waals surface area contributed by atoms with Gasteiger partial charge >= 0.3 is 0 Å². The molecule has 0 aliphatic rings. The van der Waals surface area contributed by atoms with Crippen LogP contribution in [0.25, 0.3) is 0 Å². The van der Waals surface area contributed by atoms with Crippen LogP contribution in [0, 0.1) is 18.6 Å². The highest BCUT2D eigenvalue weighted by Crippen LogP contribution is 2.23. The molecule has 128 valence electrons. The highest BCUT2D eigenvalue weighted by atomic mass is 19.1. The second-order valence-electron chi connectivity index (χ2n) is 5.71. The molecule has 4 nitrogen and oxygen atoms in total.